The van der Waals surface area contributed by atoms with Gasteiger partial charge in [-0.05, 0) is 38.0 Å². The molecule has 1 aliphatic carbocycles. The van der Waals surface area contributed by atoms with Gasteiger partial charge in [0, 0.05) is 6.42 Å². The van der Waals surface area contributed by atoms with Gasteiger partial charge in [-0.2, -0.15) is 0 Å². The van der Waals surface area contributed by atoms with Gasteiger partial charge in [0.25, 0.3) is 0 Å². The molecule has 2 atom stereocenters. The van der Waals surface area contributed by atoms with Crippen molar-refractivity contribution >= 4 is 5.97 Å². The quantitative estimate of drug-likeness (QED) is 0.575. The van der Waals surface area contributed by atoms with E-state index in [0.717, 1.165) is 18.3 Å². The maximum Gasteiger partial charge on any atom is 0.305 e. The van der Waals surface area contributed by atoms with Gasteiger partial charge in [0.15, 0.2) is 0 Å². The molecule has 0 aromatic carbocycles. The fourth-order valence-electron chi connectivity index (χ4n) is 2.23. The van der Waals surface area contributed by atoms with Crippen LogP contribution in [0, 0.1) is 11.8 Å². The highest BCUT2D eigenvalue weighted by atomic mass is 16.5. The number of ether oxygens (including phenoxy) is 1. The Morgan fingerprint density at radius 1 is 1.20 bits per heavy atom. The number of hydrogen-bond acceptors (Lipinski definition) is 2. The van der Waals surface area contributed by atoms with Crippen LogP contribution < -0.4 is 0 Å². The Labute approximate surface area is 93.4 Å². The first kappa shape index (κ1) is 12.5. The van der Waals surface area contributed by atoms with Gasteiger partial charge in [-0.1, -0.05) is 26.2 Å². The van der Waals surface area contributed by atoms with Gasteiger partial charge in [-0.3, -0.25) is 4.79 Å². The summed E-state index contributed by atoms with van der Waals surface area (Å²) in [5.74, 6) is 1.88. The summed E-state index contributed by atoms with van der Waals surface area (Å²) in [6.07, 6.45) is 8.36. The summed E-state index contributed by atoms with van der Waals surface area (Å²) in [5, 5.41) is 0. The number of esters is 1. The summed E-state index contributed by atoms with van der Waals surface area (Å²) in [4.78, 5) is 11.1. The second-order valence-electron chi connectivity index (χ2n) is 4.60. The van der Waals surface area contributed by atoms with Crippen LogP contribution in [-0.2, 0) is 9.53 Å². The van der Waals surface area contributed by atoms with Gasteiger partial charge in [-0.25, -0.2) is 0 Å². The van der Waals surface area contributed by atoms with Crippen molar-refractivity contribution in [3.05, 3.63) is 0 Å². The van der Waals surface area contributed by atoms with Crippen molar-refractivity contribution in [1.82, 2.24) is 0 Å². The number of hydrogen-bond donors (Lipinski definition) is 0. The summed E-state index contributed by atoms with van der Waals surface area (Å²) < 4.78 is 4.90. The van der Waals surface area contributed by atoms with Crippen molar-refractivity contribution in [1.29, 1.82) is 0 Å². The SMILES string of the molecule is CCCC[C@@H]1C[C@H]1CCCC(=O)OCC. The van der Waals surface area contributed by atoms with Crippen LogP contribution >= 0.6 is 0 Å². The normalized spacial score (nSPS) is 23.9. The maximum atomic E-state index is 11.1. The van der Waals surface area contributed by atoms with Crippen molar-refractivity contribution < 1.29 is 9.53 Å². The van der Waals surface area contributed by atoms with E-state index in [9.17, 15) is 4.79 Å². The zero-order valence-corrected chi connectivity index (χ0v) is 10.1. The molecule has 0 aromatic rings. The third-order valence-corrected chi connectivity index (χ3v) is 3.26. The zero-order valence-electron chi connectivity index (χ0n) is 10.1. The Bertz CT molecular complexity index is 189. The third kappa shape index (κ3) is 5.19. The Morgan fingerprint density at radius 3 is 2.47 bits per heavy atom. The number of rotatable bonds is 8. The van der Waals surface area contributed by atoms with E-state index >= 15 is 0 Å². The van der Waals surface area contributed by atoms with Gasteiger partial charge >= 0.3 is 5.97 Å². The Morgan fingerprint density at radius 2 is 1.87 bits per heavy atom. The molecule has 2 nitrogen and oxygen atoms in total. The molecule has 0 aromatic heterocycles. The van der Waals surface area contributed by atoms with E-state index in [1.807, 2.05) is 6.92 Å². The van der Waals surface area contributed by atoms with E-state index in [-0.39, 0.29) is 5.97 Å². The molecule has 1 saturated carbocycles. The fraction of sp³-hybridized carbons (Fsp3) is 0.923. The largest absolute Gasteiger partial charge is 0.466 e. The first-order chi connectivity index (χ1) is 7.27. The van der Waals surface area contributed by atoms with Crippen molar-refractivity contribution in [2.24, 2.45) is 11.8 Å². The van der Waals surface area contributed by atoms with Crippen LogP contribution in [0.5, 0.6) is 0 Å². The van der Waals surface area contributed by atoms with E-state index < -0.39 is 0 Å². The lowest BCUT2D eigenvalue weighted by molar-refractivity contribution is -0.143. The average Bonchev–Trinajstić information content (AvgIpc) is 2.94. The van der Waals surface area contributed by atoms with Gasteiger partial charge in [0.1, 0.15) is 0 Å². The van der Waals surface area contributed by atoms with E-state index in [1.54, 1.807) is 0 Å². The van der Waals surface area contributed by atoms with Crippen molar-refractivity contribution in [3.8, 4) is 0 Å². The van der Waals surface area contributed by atoms with Crippen LogP contribution in [-0.4, -0.2) is 12.6 Å². The van der Waals surface area contributed by atoms with Crippen LogP contribution in [0.1, 0.15) is 58.8 Å². The van der Waals surface area contributed by atoms with Gasteiger partial charge in [0.05, 0.1) is 6.61 Å². The molecule has 1 aliphatic rings. The van der Waals surface area contributed by atoms with E-state index in [0.29, 0.717) is 13.0 Å². The molecule has 15 heavy (non-hydrogen) atoms. The minimum atomic E-state index is -0.0248. The minimum absolute atomic E-state index is 0.0248. The summed E-state index contributed by atoms with van der Waals surface area (Å²) in [6, 6.07) is 0. The topological polar surface area (TPSA) is 26.3 Å². The van der Waals surface area contributed by atoms with Crippen LogP contribution in [0.25, 0.3) is 0 Å². The lowest BCUT2D eigenvalue weighted by Gasteiger charge is -2.01. The molecule has 0 radical (unpaired) electrons. The van der Waals surface area contributed by atoms with Gasteiger partial charge in [-0.15, -0.1) is 0 Å². The highest BCUT2D eigenvalue weighted by Gasteiger charge is 2.35. The Kier molecular flexibility index (Phi) is 5.74. The molecular weight excluding hydrogens is 188 g/mol. The minimum Gasteiger partial charge on any atom is -0.466 e. The van der Waals surface area contributed by atoms with Crippen LogP contribution in [0.3, 0.4) is 0 Å². The smallest absolute Gasteiger partial charge is 0.305 e. The molecule has 1 fully saturated rings. The molecular formula is C13H24O2. The first-order valence-corrected chi connectivity index (χ1v) is 6.43. The lowest BCUT2D eigenvalue weighted by atomic mass is 10.1. The highest BCUT2D eigenvalue weighted by molar-refractivity contribution is 5.69. The summed E-state index contributed by atoms with van der Waals surface area (Å²) in [6.45, 7) is 4.62. The molecule has 2 heteroatoms. The fourth-order valence-corrected chi connectivity index (χ4v) is 2.23. The average molecular weight is 212 g/mol. The molecule has 0 amide bonds. The van der Waals surface area contributed by atoms with Gasteiger partial charge in [0.2, 0.25) is 0 Å². The lowest BCUT2D eigenvalue weighted by Crippen LogP contribution is -2.03. The number of unbranched alkanes of at least 4 members (excludes halogenated alkanes) is 1. The highest BCUT2D eigenvalue weighted by Crippen LogP contribution is 2.45. The predicted molar refractivity (Wildman–Crippen MR) is 61.6 cm³/mol. The number of carbonyl (C=O) groups excluding carboxylic acids is 1. The van der Waals surface area contributed by atoms with E-state index in [1.165, 1.54) is 32.1 Å². The first-order valence-electron chi connectivity index (χ1n) is 6.43. The van der Waals surface area contributed by atoms with E-state index in [2.05, 4.69) is 6.92 Å². The summed E-state index contributed by atoms with van der Waals surface area (Å²) in [5.41, 5.74) is 0. The monoisotopic (exact) mass is 212 g/mol. The van der Waals surface area contributed by atoms with Crippen LogP contribution in [0.15, 0.2) is 0 Å². The maximum absolute atomic E-state index is 11.1. The van der Waals surface area contributed by atoms with Crippen molar-refractivity contribution in [2.45, 2.75) is 58.8 Å². The van der Waals surface area contributed by atoms with E-state index in [4.69, 9.17) is 4.74 Å². The number of carbonyl (C=O) groups is 1. The molecule has 0 bridgehead atoms. The van der Waals surface area contributed by atoms with Crippen LogP contribution in [0.2, 0.25) is 0 Å². The molecule has 0 saturated heterocycles. The molecule has 0 spiro atoms. The Balaban J connectivity index is 1.92. The zero-order chi connectivity index (χ0) is 11.1. The Hall–Kier alpha value is -0.530. The van der Waals surface area contributed by atoms with Crippen LogP contribution in [0.4, 0.5) is 0 Å². The third-order valence-electron chi connectivity index (χ3n) is 3.26. The molecule has 0 unspecified atom stereocenters. The van der Waals surface area contributed by atoms with Gasteiger partial charge < -0.3 is 4.74 Å². The molecule has 1 rings (SSSR count). The van der Waals surface area contributed by atoms with Crippen molar-refractivity contribution in [2.75, 3.05) is 6.61 Å². The summed E-state index contributed by atoms with van der Waals surface area (Å²) in [7, 11) is 0. The van der Waals surface area contributed by atoms with Crippen molar-refractivity contribution in [3.63, 3.8) is 0 Å². The molecule has 88 valence electrons. The molecule has 0 heterocycles. The predicted octanol–water partition coefficient (Wildman–Crippen LogP) is 3.55. The standard InChI is InChI=1S/C13H24O2/c1-3-5-7-11-10-12(11)8-6-9-13(14)15-4-2/h11-12H,3-10H2,1-2H3/t11-,12-/m1/s1. The second kappa shape index (κ2) is 6.86. The second-order valence-corrected chi connectivity index (χ2v) is 4.60. The summed E-state index contributed by atoms with van der Waals surface area (Å²) >= 11 is 0. The molecule has 0 N–H and O–H groups in total. The molecule has 0 aliphatic heterocycles.